The van der Waals surface area contributed by atoms with Gasteiger partial charge in [0.05, 0.1) is 0 Å². The maximum atomic E-state index is 10.9. The number of rotatable bonds is 8. The lowest BCUT2D eigenvalue weighted by Crippen LogP contribution is -2.22. The predicted molar refractivity (Wildman–Crippen MR) is 68.5 cm³/mol. The molecule has 0 saturated heterocycles. The highest BCUT2D eigenvalue weighted by Gasteiger charge is 2.23. The number of nitrogens with zero attached hydrogens (tertiary/aromatic N) is 1. The molecular formula is C13H21NO3. The number of nitro groups is 1. The molecule has 0 aliphatic carbocycles. The van der Waals surface area contributed by atoms with Gasteiger partial charge in [-0.3, -0.25) is 10.1 Å². The molecule has 17 heavy (non-hydrogen) atoms. The second kappa shape index (κ2) is 7.76. The molecule has 4 nitrogen and oxygen atoms in total. The summed E-state index contributed by atoms with van der Waals surface area (Å²) in [6.07, 6.45) is 3.91. The first-order valence-electron chi connectivity index (χ1n) is 5.78. The lowest BCUT2D eigenvalue weighted by Gasteiger charge is -2.10. The van der Waals surface area contributed by atoms with E-state index in [1.807, 2.05) is 19.9 Å². The minimum Gasteiger partial charge on any atom is -0.300 e. The van der Waals surface area contributed by atoms with Gasteiger partial charge in [-0.25, -0.2) is 0 Å². The van der Waals surface area contributed by atoms with Crippen molar-refractivity contribution in [3.8, 4) is 0 Å². The molecule has 0 aromatic heterocycles. The molecule has 96 valence electrons. The summed E-state index contributed by atoms with van der Waals surface area (Å²) >= 11 is 0. The molecule has 0 heterocycles. The van der Waals surface area contributed by atoms with Crippen LogP contribution < -0.4 is 0 Å². The Morgan fingerprint density at radius 1 is 1.35 bits per heavy atom. The Hall–Kier alpha value is -1.45. The lowest BCUT2D eigenvalue weighted by atomic mass is 9.98. The lowest BCUT2D eigenvalue weighted by molar-refractivity contribution is -0.513. The van der Waals surface area contributed by atoms with E-state index in [1.54, 1.807) is 0 Å². The van der Waals surface area contributed by atoms with Crippen LogP contribution in [0.5, 0.6) is 0 Å². The van der Waals surface area contributed by atoms with Crippen molar-refractivity contribution < 1.29 is 9.72 Å². The molecule has 1 unspecified atom stereocenters. The Balaban J connectivity index is 4.30. The highest BCUT2D eigenvalue weighted by molar-refractivity contribution is 5.75. The van der Waals surface area contributed by atoms with E-state index in [1.165, 1.54) is 12.5 Å². The van der Waals surface area contributed by atoms with Gasteiger partial charge in [0, 0.05) is 17.8 Å². The fourth-order valence-electron chi connectivity index (χ4n) is 1.51. The highest BCUT2D eigenvalue weighted by atomic mass is 16.6. The first-order chi connectivity index (χ1) is 7.84. The summed E-state index contributed by atoms with van der Waals surface area (Å²) in [5.41, 5.74) is 1.80. The van der Waals surface area contributed by atoms with Crippen molar-refractivity contribution in [2.24, 2.45) is 0 Å². The summed E-state index contributed by atoms with van der Waals surface area (Å²) in [7, 11) is 0. The van der Waals surface area contributed by atoms with Crippen molar-refractivity contribution in [2.45, 2.75) is 52.5 Å². The van der Waals surface area contributed by atoms with E-state index in [4.69, 9.17) is 0 Å². The molecule has 0 rings (SSSR count). The van der Waals surface area contributed by atoms with Gasteiger partial charge >= 0.3 is 0 Å². The summed E-state index contributed by atoms with van der Waals surface area (Å²) in [4.78, 5) is 21.4. The van der Waals surface area contributed by atoms with Crippen molar-refractivity contribution in [3.05, 3.63) is 33.9 Å². The number of Topliss-reactive ketones (excluding diaryl/α,β-unsaturated/α-hetero) is 1. The van der Waals surface area contributed by atoms with Crippen molar-refractivity contribution in [3.63, 3.8) is 0 Å². The van der Waals surface area contributed by atoms with Crippen LogP contribution in [0.3, 0.4) is 0 Å². The second-order valence-electron chi connectivity index (χ2n) is 4.52. The zero-order valence-corrected chi connectivity index (χ0v) is 10.9. The largest absolute Gasteiger partial charge is 0.300 e. The number of hydrogen-bond acceptors (Lipinski definition) is 3. The number of carbonyl (C=O) groups excluding carboxylic acids is 1. The highest BCUT2D eigenvalue weighted by Crippen LogP contribution is 2.16. The molecule has 0 spiro atoms. The molecule has 0 aliphatic rings. The molecule has 1 atom stereocenters. The molecule has 0 N–H and O–H groups in total. The van der Waals surface area contributed by atoms with E-state index in [2.05, 4.69) is 6.58 Å². The van der Waals surface area contributed by atoms with Crippen LogP contribution in [0.25, 0.3) is 0 Å². The maximum Gasteiger partial charge on any atom is 0.234 e. The quantitative estimate of drug-likeness (QED) is 0.371. The Morgan fingerprint density at radius 3 is 2.35 bits per heavy atom. The van der Waals surface area contributed by atoms with Crippen LogP contribution in [-0.4, -0.2) is 16.7 Å². The van der Waals surface area contributed by atoms with Gasteiger partial charge in [-0.05, 0) is 39.2 Å². The third-order valence-corrected chi connectivity index (χ3v) is 2.51. The average molecular weight is 239 g/mol. The Morgan fingerprint density at radius 2 is 1.94 bits per heavy atom. The van der Waals surface area contributed by atoms with Gasteiger partial charge in [0.1, 0.15) is 5.78 Å². The molecule has 0 saturated carbocycles. The topological polar surface area (TPSA) is 60.2 Å². The van der Waals surface area contributed by atoms with Crippen LogP contribution in [0.15, 0.2) is 23.8 Å². The minimum absolute atomic E-state index is 0.0195. The average Bonchev–Trinajstić information content (AvgIpc) is 2.16. The zero-order chi connectivity index (χ0) is 13.4. The molecule has 0 amide bonds. The van der Waals surface area contributed by atoms with Crippen molar-refractivity contribution in [1.29, 1.82) is 0 Å². The molecule has 4 heteroatoms. The number of carbonyl (C=O) groups is 1. The number of allylic oxidation sites excluding steroid dienone is 2. The Bertz CT molecular complexity index is 328. The molecular weight excluding hydrogens is 218 g/mol. The van der Waals surface area contributed by atoms with Crippen LogP contribution in [0.1, 0.15) is 46.5 Å². The van der Waals surface area contributed by atoms with Gasteiger partial charge in [0.25, 0.3) is 0 Å². The van der Waals surface area contributed by atoms with Gasteiger partial charge in [-0.1, -0.05) is 18.2 Å². The molecule has 0 aromatic rings. The normalized spacial score (nSPS) is 11.7. The van der Waals surface area contributed by atoms with Gasteiger partial charge in [0.2, 0.25) is 6.04 Å². The van der Waals surface area contributed by atoms with Gasteiger partial charge in [0.15, 0.2) is 0 Å². The second-order valence-corrected chi connectivity index (χ2v) is 4.52. The first kappa shape index (κ1) is 15.6. The van der Waals surface area contributed by atoms with Crippen LogP contribution >= 0.6 is 0 Å². The van der Waals surface area contributed by atoms with Crippen LogP contribution in [0, 0.1) is 10.1 Å². The van der Waals surface area contributed by atoms with Crippen molar-refractivity contribution in [2.75, 3.05) is 0 Å². The van der Waals surface area contributed by atoms with E-state index >= 15 is 0 Å². The van der Waals surface area contributed by atoms with E-state index < -0.39 is 6.04 Å². The number of hydrogen-bond donors (Lipinski definition) is 0. The SMILES string of the molecule is C=C(CCC=C(C)C)C(CCC(C)=O)[N+](=O)[O-]. The van der Waals surface area contributed by atoms with E-state index in [0.717, 1.165) is 6.42 Å². The van der Waals surface area contributed by atoms with Crippen LogP contribution in [0.2, 0.25) is 0 Å². The van der Waals surface area contributed by atoms with Gasteiger partial charge in [-0.15, -0.1) is 0 Å². The van der Waals surface area contributed by atoms with Crippen LogP contribution in [-0.2, 0) is 4.79 Å². The summed E-state index contributed by atoms with van der Waals surface area (Å²) in [5, 5.41) is 10.9. The number of ketones is 1. The standard InChI is InChI=1S/C13H21NO3/c1-10(2)6-5-7-11(3)13(14(16)17)9-8-12(4)15/h6,13H,3,5,7-9H2,1-2,4H3. The maximum absolute atomic E-state index is 10.9. The molecule has 0 aromatic carbocycles. The van der Waals surface area contributed by atoms with E-state index in [9.17, 15) is 14.9 Å². The molecule has 0 bridgehead atoms. The summed E-state index contributed by atoms with van der Waals surface area (Å²) < 4.78 is 0. The molecule has 0 radical (unpaired) electrons. The summed E-state index contributed by atoms with van der Waals surface area (Å²) in [6.45, 7) is 9.20. The predicted octanol–water partition coefficient (Wildman–Crippen LogP) is 3.30. The smallest absolute Gasteiger partial charge is 0.234 e. The fraction of sp³-hybridized carbons (Fsp3) is 0.615. The van der Waals surface area contributed by atoms with Gasteiger partial charge in [-0.2, -0.15) is 0 Å². The van der Waals surface area contributed by atoms with Crippen molar-refractivity contribution in [1.82, 2.24) is 0 Å². The Labute approximate surface area is 103 Å². The fourth-order valence-corrected chi connectivity index (χ4v) is 1.51. The van der Waals surface area contributed by atoms with E-state index in [-0.39, 0.29) is 23.5 Å². The first-order valence-corrected chi connectivity index (χ1v) is 5.78. The molecule has 0 fully saturated rings. The third kappa shape index (κ3) is 7.44. The van der Waals surface area contributed by atoms with Crippen molar-refractivity contribution >= 4 is 5.78 Å². The van der Waals surface area contributed by atoms with Crippen LogP contribution in [0.4, 0.5) is 0 Å². The zero-order valence-electron chi connectivity index (χ0n) is 10.9. The Kier molecular flexibility index (Phi) is 7.10. The summed E-state index contributed by atoms with van der Waals surface area (Å²) in [6, 6.07) is -0.788. The van der Waals surface area contributed by atoms with Gasteiger partial charge < -0.3 is 4.79 Å². The summed E-state index contributed by atoms with van der Waals surface area (Å²) in [5.74, 6) is -0.0195. The monoisotopic (exact) mass is 239 g/mol. The molecule has 0 aliphatic heterocycles. The minimum atomic E-state index is -0.788. The third-order valence-electron chi connectivity index (χ3n) is 2.51. The van der Waals surface area contributed by atoms with E-state index in [0.29, 0.717) is 12.0 Å².